The van der Waals surface area contributed by atoms with Crippen LogP contribution in [0.4, 0.5) is 4.39 Å². The zero-order valence-electron chi connectivity index (χ0n) is 11.7. The van der Waals surface area contributed by atoms with Crippen molar-refractivity contribution in [3.63, 3.8) is 0 Å². The Hall–Kier alpha value is -1.01. The Morgan fingerprint density at radius 3 is 2.65 bits per heavy atom. The minimum atomic E-state index is -0.854. The Kier molecular flexibility index (Phi) is 3.90. The minimum absolute atomic E-state index is 0.226. The third-order valence-electron chi connectivity index (χ3n) is 3.35. The molecule has 1 aromatic rings. The molecule has 0 saturated heterocycles. The van der Waals surface area contributed by atoms with Gasteiger partial charge < -0.3 is 10.5 Å². The number of ether oxygens (including phenoxy) is 1. The van der Waals surface area contributed by atoms with Gasteiger partial charge in [0.25, 0.3) is 0 Å². The lowest BCUT2D eigenvalue weighted by atomic mass is 9.72. The first kappa shape index (κ1) is 15.4. The number of rotatable bonds is 2. The maximum absolute atomic E-state index is 13.9. The maximum Gasteiger partial charge on any atom is 0.311 e. The van der Waals surface area contributed by atoms with Gasteiger partial charge in [-0.05, 0) is 42.8 Å². The molecule has 1 aliphatic rings. The molecule has 4 nitrogen and oxygen atoms in total. The van der Waals surface area contributed by atoms with Crippen LogP contribution in [0.5, 0.6) is 0 Å². The average molecular weight is 345 g/mol. The van der Waals surface area contributed by atoms with Gasteiger partial charge in [-0.25, -0.2) is 4.39 Å². The van der Waals surface area contributed by atoms with Gasteiger partial charge in [0.15, 0.2) is 0 Å². The molecule has 1 aliphatic carbocycles. The summed E-state index contributed by atoms with van der Waals surface area (Å²) < 4.78 is 19.8. The van der Waals surface area contributed by atoms with E-state index in [1.807, 2.05) is 0 Å². The van der Waals surface area contributed by atoms with Crippen LogP contribution in [0.15, 0.2) is 16.7 Å². The second kappa shape index (κ2) is 5.07. The summed E-state index contributed by atoms with van der Waals surface area (Å²) in [5.74, 6) is -0.712. The monoisotopic (exact) mass is 344 g/mol. The number of aromatic nitrogens is 1. The van der Waals surface area contributed by atoms with Crippen molar-refractivity contribution in [1.82, 2.24) is 4.98 Å². The van der Waals surface area contributed by atoms with Crippen LogP contribution in [-0.4, -0.2) is 17.1 Å². The lowest BCUT2D eigenvalue weighted by molar-refractivity contribution is -0.166. The smallest absolute Gasteiger partial charge is 0.311 e. The summed E-state index contributed by atoms with van der Waals surface area (Å²) in [7, 11) is 0. The highest BCUT2D eigenvalue weighted by atomic mass is 79.9. The molecule has 6 heteroatoms. The molecular weight excluding hydrogens is 327 g/mol. The molecule has 0 aromatic carbocycles. The fourth-order valence-corrected chi connectivity index (χ4v) is 2.44. The Morgan fingerprint density at radius 2 is 2.15 bits per heavy atom. The van der Waals surface area contributed by atoms with Gasteiger partial charge in [-0.2, -0.15) is 0 Å². The fourth-order valence-electron chi connectivity index (χ4n) is 2.14. The standard InChI is InChI=1S/C14H18BrFN2O2/c1-13(2,3)12(19)20-9-5-14(17,6-9)11-10(16)4-8(15)7-18-11/h4,7,9H,5-6,17H2,1-3H3. The molecule has 0 spiro atoms. The lowest BCUT2D eigenvalue weighted by Gasteiger charge is -2.44. The summed E-state index contributed by atoms with van der Waals surface area (Å²) in [5, 5.41) is 0. The van der Waals surface area contributed by atoms with Crippen molar-refractivity contribution in [3.8, 4) is 0 Å². The second-order valence-corrected chi connectivity index (χ2v) is 7.24. The number of nitrogens with zero attached hydrogens (tertiary/aromatic N) is 1. The van der Waals surface area contributed by atoms with Gasteiger partial charge in [-0.15, -0.1) is 0 Å². The van der Waals surface area contributed by atoms with Crippen LogP contribution in [0, 0.1) is 11.2 Å². The van der Waals surface area contributed by atoms with Crippen molar-refractivity contribution in [2.24, 2.45) is 11.1 Å². The van der Waals surface area contributed by atoms with Gasteiger partial charge >= 0.3 is 5.97 Å². The van der Waals surface area contributed by atoms with Gasteiger partial charge in [0.2, 0.25) is 0 Å². The van der Waals surface area contributed by atoms with Crippen LogP contribution in [0.25, 0.3) is 0 Å². The van der Waals surface area contributed by atoms with Crippen LogP contribution in [-0.2, 0) is 15.1 Å². The van der Waals surface area contributed by atoms with Crippen molar-refractivity contribution in [2.45, 2.75) is 45.3 Å². The van der Waals surface area contributed by atoms with Crippen molar-refractivity contribution < 1.29 is 13.9 Å². The fraction of sp³-hybridized carbons (Fsp3) is 0.571. The highest BCUT2D eigenvalue weighted by Crippen LogP contribution is 2.41. The number of halogens is 2. The first-order valence-corrected chi connectivity index (χ1v) is 7.23. The van der Waals surface area contributed by atoms with Crippen molar-refractivity contribution in [1.29, 1.82) is 0 Å². The predicted molar refractivity (Wildman–Crippen MR) is 76.3 cm³/mol. The van der Waals surface area contributed by atoms with Gasteiger partial charge in [0.1, 0.15) is 11.9 Å². The van der Waals surface area contributed by atoms with Crippen molar-refractivity contribution in [2.75, 3.05) is 0 Å². The van der Waals surface area contributed by atoms with Crippen molar-refractivity contribution in [3.05, 3.63) is 28.2 Å². The van der Waals surface area contributed by atoms with E-state index in [1.165, 1.54) is 12.3 Å². The predicted octanol–water partition coefficient (Wildman–Crippen LogP) is 2.89. The molecule has 0 bridgehead atoms. The number of nitrogens with two attached hydrogens (primary N) is 1. The van der Waals surface area contributed by atoms with Crippen LogP contribution in [0.2, 0.25) is 0 Å². The Morgan fingerprint density at radius 1 is 1.55 bits per heavy atom. The van der Waals surface area contributed by atoms with E-state index in [0.29, 0.717) is 17.3 Å². The number of pyridine rings is 1. The van der Waals surface area contributed by atoms with Crippen LogP contribution in [0.3, 0.4) is 0 Å². The zero-order chi connectivity index (χ0) is 15.1. The van der Waals surface area contributed by atoms with Gasteiger partial charge in [0, 0.05) is 23.5 Å². The van der Waals surface area contributed by atoms with E-state index < -0.39 is 16.8 Å². The topological polar surface area (TPSA) is 65.2 Å². The molecule has 1 aromatic heterocycles. The highest BCUT2D eigenvalue weighted by Gasteiger charge is 2.47. The highest BCUT2D eigenvalue weighted by molar-refractivity contribution is 9.10. The molecule has 0 radical (unpaired) electrons. The lowest BCUT2D eigenvalue weighted by Crippen LogP contribution is -2.54. The SMILES string of the molecule is CC(C)(C)C(=O)OC1CC(N)(c2ncc(Br)cc2F)C1. The Balaban J connectivity index is 2.02. The molecule has 20 heavy (non-hydrogen) atoms. The molecule has 1 saturated carbocycles. The molecule has 1 fully saturated rings. The second-order valence-electron chi connectivity index (χ2n) is 6.33. The number of hydrogen-bond acceptors (Lipinski definition) is 4. The summed E-state index contributed by atoms with van der Waals surface area (Å²) in [6, 6.07) is 1.34. The average Bonchev–Trinajstić information content (AvgIpc) is 2.24. The quantitative estimate of drug-likeness (QED) is 0.837. The van der Waals surface area contributed by atoms with Crippen molar-refractivity contribution >= 4 is 21.9 Å². The third-order valence-corrected chi connectivity index (χ3v) is 3.78. The molecule has 110 valence electrons. The first-order chi connectivity index (χ1) is 9.12. The van der Waals surface area contributed by atoms with Gasteiger partial charge in [0.05, 0.1) is 16.6 Å². The van der Waals surface area contributed by atoms with Gasteiger partial charge in [-0.1, -0.05) is 0 Å². The summed E-state index contributed by atoms with van der Waals surface area (Å²) in [5.41, 5.74) is 4.97. The van der Waals surface area contributed by atoms with E-state index in [-0.39, 0.29) is 17.8 Å². The van der Waals surface area contributed by atoms with Crippen LogP contribution >= 0.6 is 15.9 Å². The van der Waals surface area contributed by atoms with E-state index in [1.54, 1.807) is 20.8 Å². The molecule has 0 aliphatic heterocycles. The minimum Gasteiger partial charge on any atom is -0.462 e. The molecule has 0 atom stereocenters. The first-order valence-electron chi connectivity index (χ1n) is 6.43. The van der Waals surface area contributed by atoms with E-state index in [4.69, 9.17) is 10.5 Å². The number of hydrogen-bond donors (Lipinski definition) is 1. The summed E-state index contributed by atoms with van der Waals surface area (Å²) >= 11 is 3.16. The molecule has 2 N–H and O–H groups in total. The van der Waals surface area contributed by atoms with E-state index >= 15 is 0 Å². The van der Waals surface area contributed by atoms with Crippen LogP contribution in [0.1, 0.15) is 39.3 Å². The Bertz CT molecular complexity index is 536. The van der Waals surface area contributed by atoms with E-state index in [0.717, 1.165) is 0 Å². The van der Waals surface area contributed by atoms with E-state index in [9.17, 15) is 9.18 Å². The molecule has 2 rings (SSSR count). The van der Waals surface area contributed by atoms with E-state index in [2.05, 4.69) is 20.9 Å². The zero-order valence-corrected chi connectivity index (χ0v) is 13.3. The number of carbonyl (C=O) groups excluding carboxylic acids is 1. The summed E-state index contributed by atoms with van der Waals surface area (Å²) in [6.07, 6.45) is 2.03. The normalized spacial score (nSPS) is 26.0. The third kappa shape index (κ3) is 3.01. The number of esters is 1. The number of carbonyl (C=O) groups is 1. The maximum atomic E-state index is 13.9. The largest absolute Gasteiger partial charge is 0.462 e. The van der Waals surface area contributed by atoms with Crippen LogP contribution < -0.4 is 5.73 Å². The Labute approximate surface area is 126 Å². The van der Waals surface area contributed by atoms with Gasteiger partial charge in [-0.3, -0.25) is 9.78 Å². The molecule has 1 heterocycles. The summed E-state index contributed by atoms with van der Waals surface area (Å²) in [4.78, 5) is 15.8. The summed E-state index contributed by atoms with van der Waals surface area (Å²) in [6.45, 7) is 5.37. The molecular formula is C14H18BrFN2O2. The molecule has 0 unspecified atom stereocenters. The molecule has 0 amide bonds.